The van der Waals surface area contributed by atoms with Gasteiger partial charge in [0.2, 0.25) is 5.82 Å². The first kappa shape index (κ1) is 16.9. The van der Waals surface area contributed by atoms with Gasteiger partial charge in [0.1, 0.15) is 0 Å². The maximum atomic E-state index is 12.0. The fourth-order valence-corrected chi connectivity index (χ4v) is 1.04. The van der Waals surface area contributed by atoms with Crippen molar-refractivity contribution in [1.82, 2.24) is 0 Å². The van der Waals surface area contributed by atoms with Crippen molar-refractivity contribution >= 4 is 0 Å². The third kappa shape index (κ3) is 3.89. The summed E-state index contributed by atoms with van der Waals surface area (Å²) < 4.78 is 108. The monoisotopic (exact) mass is 318 g/mol. The van der Waals surface area contributed by atoms with Crippen LogP contribution in [0.2, 0.25) is 0 Å². The van der Waals surface area contributed by atoms with Gasteiger partial charge in [-0.2, -0.15) is 0 Å². The minimum absolute atomic E-state index is 0.0618. The summed E-state index contributed by atoms with van der Waals surface area (Å²) in [4.78, 5) is 0. The van der Waals surface area contributed by atoms with Gasteiger partial charge in [-0.25, -0.2) is 39.5 Å². The quantitative estimate of drug-likeness (QED) is 0.378. The largest absolute Gasteiger partial charge is 0.204 e. The van der Waals surface area contributed by atoms with Crippen molar-refractivity contribution in [3.63, 3.8) is 0 Å². The van der Waals surface area contributed by atoms with E-state index < -0.39 is 52.4 Å². The molecular weight excluding hydrogens is 315 g/mol. The van der Waals surface area contributed by atoms with Gasteiger partial charge in [0.15, 0.2) is 46.5 Å². The van der Waals surface area contributed by atoms with Crippen molar-refractivity contribution in [1.29, 1.82) is 0 Å². The summed E-state index contributed by atoms with van der Waals surface area (Å²) in [7, 11) is 0. The Morgan fingerprint density at radius 3 is 0.857 bits per heavy atom. The Morgan fingerprint density at radius 1 is 0.333 bits per heavy atom. The molecule has 0 fully saturated rings. The first-order valence-corrected chi connectivity index (χ1v) is 4.93. The van der Waals surface area contributed by atoms with Crippen molar-refractivity contribution in [2.45, 2.75) is 0 Å². The molecule has 0 heterocycles. The Labute approximate surface area is 111 Å². The number of benzene rings is 2. The summed E-state index contributed by atoms with van der Waals surface area (Å²) in [5.41, 5.74) is 0. The van der Waals surface area contributed by atoms with Gasteiger partial charge in [-0.05, 0) is 0 Å². The van der Waals surface area contributed by atoms with Crippen molar-refractivity contribution in [2.24, 2.45) is 0 Å². The summed E-state index contributed by atoms with van der Waals surface area (Å²) in [6.45, 7) is 0. The molecule has 0 nitrogen and oxygen atoms in total. The topological polar surface area (TPSA) is 0 Å². The summed E-state index contributed by atoms with van der Waals surface area (Å²) in [6.07, 6.45) is 0. The normalized spacial score (nSPS) is 10.1. The van der Waals surface area contributed by atoms with Gasteiger partial charge in [-0.15, -0.1) is 0 Å². The first-order valence-electron chi connectivity index (χ1n) is 4.93. The molecular formula is C12H3F9. The van der Waals surface area contributed by atoms with Crippen LogP contribution in [0.5, 0.6) is 0 Å². The molecule has 0 unspecified atom stereocenters. The van der Waals surface area contributed by atoms with Crippen LogP contribution < -0.4 is 0 Å². The minimum atomic E-state index is -2.14. The fourth-order valence-electron chi connectivity index (χ4n) is 1.04. The molecule has 2 rings (SSSR count). The summed E-state index contributed by atoms with van der Waals surface area (Å²) in [6, 6.07) is 0.253. The lowest BCUT2D eigenvalue weighted by Gasteiger charge is -1.96. The molecule has 0 radical (unpaired) electrons. The molecule has 0 aromatic heterocycles. The van der Waals surface area contributed by atoms with Crippen LogP contribution in [0.25, 0.3) is 0 Å². The highest BCUT2D eigenvalue weighted by atomic mass is 19.2. The minimum Gasteiger partial charge on any atom is -0.204 e. The smallest absolute Gasteiger partial charge is 0.200 e. The molecule has 0 aliphatic carbocycles. The third-order valence-electron chi connectivity index (χ3n) is 2.02. The number of halogens is 9. The average molecular weight is 318 g/mol. The van der Waals surface area contributed by atoms with E-state index in [9.17, 15) is 39.5 Å². The molecule has 0 aliphatic rings. The van der Waals surface area contributed by atoms with E-state index in [1.54, 1.807) is 0 Å². The molecule has 0 N–H and O–H groups in total. The second-order valence-corrected chi connectivity index (χ2v) is 3.46. The van der Waals surface area contributed by atoms with Crippen molar-refractivity contribution in [2.75, 3.05) is 0 Å². The van der Waals surface area contributed by atoms with Crippen molar-refractivity contribution < 1.29 is 39.5 Å². The first-order chi connectivity index (χ1) is 9.65. The fraction of sp³-hybridized carbons (Fsp3) is 0. The molecule has 21 heavy (non-hydrogen) atoms. The van der Waals surface area contributed by atoms with E-state index in [4.69, 9.17) is 0 Å². The van der Waals surface area contributed by atoms with Crippen LogP contribution in [0, 0.1) is 52.4 Å². The molecule has 0 atom stereocenters. The van der Waals surface area contributed by atoms with E-state index in [0.29, 0.717) is 0 Å². The summed E-state index contributed by atoms with van der Waals surface area (Å²) in [5.74, 6) is -15.2. The molecule has 0 saturated heterocycles. The molecule has 0 spiro atoms. The SMILES string of the molecule is Fc1cc(F)c(F)c(F)c1F.Fc1cc(F)c(F)cc1F. The zero-order chi connectivity index (χ0) is 16.3. The zero-order valence-corrected chi connectivity index (χ0v) is 9.63. The van der Waals surface area contributed by atoms with Gasteiger partial charge in [0, 0.05) is 18.2 Å². The van der Waals surface area contributed by atoms with Crippen LogP contribution in [0.15, 0.2) is 18.2 Å². The van der Waals surface area contributed by atoms with Gasteiger partial charge >= 0.3 is 0 Å². The second-order valence-electron chi connectivity index (χ2n) is 3.46. The predicted molar refractivity (Wildman–Crippen MR) is 52.5 cm³/mol. The predicted octanol–water partition coefficient (Wildman–Crippen LogP) is 4.63. The highest BCUT2D eigenvalue weighted by Gasteiger charge is 2.18. The third-order valence-corrected chi connectivity index (χ3v) is 2.02. The molecule has 0 aliphatic heterocycles. The van der Waals surface area contributed by atoms with Gasteiger partial charge in [0.05, 0.1) is 0 Å². The van der Waals surface area contributed by atoms with Gasteiger partial charge in [-0.3, -0.25) is 0 Å². The Hall–Kier alpha value is -2.19. The van der Waals surface area contributed by atoms with Crippen LogP contribution in [-0.2, 0) is 0 Å². The lowest BCUT2D eigenvalue weighted by Crippen LogP contribution is -1.98. The molecule has 0 amide bonds. The van der Waals surface area contributed by atoms with Crippen LogP contribution in [0.1, 0.15) is 0 Å². The zero-order valence-electron chi connectivity index (χ0n) is 9.63. The van der Waals surface area contributed by atoms with Crippen molar-refractivity contribution in [3.05, 3.63) is 70.6 Å². The van der Waals surface area contributed by atoms with E-state index in [-0.39, 0.29) is 18.2 Å². The average Bonchev–Trinajstić information content (AvgIpc) is 2.42. The number of hydrogen-bond donors (Lipinski definition) is 0. The highest BCUT2D eigenvalue weighted by molar-refractivity contribution is 5.12. The standard InChI is InChI=1S/C6HF5.C6H2F4/c7-2-1-3(8)5(10)6(11)4(2)9;7-3-1-4(8)6(10)2-5(3)9/h1H;1-2H. The van der Waals surface area contributed by atoms with Crippen LogP contribution in [-0.4, -0.2) is 0 Å². The lowest BCUT2D eigenvalue weighted by molar-refractivity contribution is 0.378. The Balaban J connectivity index is 0.000000211. The van der Waals surface area contributed by atoms with Crippen LogP contribution in [0.4, 0.5) is 39.5 Å². The van der Waals surface area contributed by atoms with E-state index in [1.165, 1.54) is 0 Å². The molecule has 114 valence electrons. The molecule has 9 heteroatoms. The van der Waals surface area contributed by atoms with E-state index in [2.05, 4.69) is 0 Å². The van der Waals surface area contributed by atoms with Crippen LogP contribution >= 0.6 is 0 Å². The number of hydrogen-bond acceptors (Lipinski definition) is 0. The van der Waals surface area contributed by atoms with Crippen molar-refractivity contribution in [3.8, 4) is 0 Å². The highest BCUT2D eigenvalue weighted by Crippen LogP contribution is 2.16. The Morgan fingerprint density at radius 2 is 0.571 bits per heavy atom. The molecule has 2 aromatic rings. The molecule has 2 aromatic carbocycles. The lowest BCUT2D eigenvalue weighted by atomic mass is 10.3. The summed E-state index contributed by atoms with van der Waals surface area (Å²) in [5, 5.41) is 0. The second kappa shape index (κ2) is 6.51. The van der Waals surface area contributed by atoms with E-state index >= 15 is 0 Å². The molecule has 0 bridgehead atoms. The van der Waals surface area contributed by atoms with Gasteiger partial charge < -0.3 is 0 Å². The van der Waals surface area contributed by atoms with Gasteiger partial charge in [0.25, 0.3) is 0 Å². The van der Waals surface area contributed by atoms with E-state index in [1.807, 2.05) is 0 Å². The Bertz CT molecular complexity index is 590. The summed E-state index contributed by atoms with van der Waals surface area (Å²) >= 11 is 0. The maximum Gasteiger partial charge on any atom is 0.200 e. The molecule has 0 saturated carbocycles. The van der Waals surface area contributed by atoms with E-state index in [0.717, 1.165) is 0 Å². The van der Waals surface area contributed by atoms with Crippen LogP contribution in [0.3, 0.4) is 0 Å². The Kier molecular flexibility index (Phi) is 5.23. The maximum absolute atomic E-state index is 12.0. The van der Waals surface area contributed by atoms with Gasteiger partial charge in [-0.1, -0.05) is 0 Å². The number of rotatable bonds is 0.